The highest BCUT2D eigenvalue weighted by Gasteiger charge is 2.13. The Morgan fingerprint density at radius 1 is 0.400 bits per heavy atom. The van der Waals surface area contributed by atoms with Gasteiger partial charge in [-0.25, -0.2) is 0 Å². The Balaban J connectivity index is 3.77. The molecule has 0 atom stereocenters. The number of ether oxygens (including phenoxy) is 2. The van der Waals surface area contributed by atoms with Crippen LogP contribution in [0.2, 0.25) is 0 Å². The molecule has 6 nitrogen and oxygen atoms in total. The van der Waals surface area contributed by atoms with Crippen LogP contribution in [0.4, 0.5) is 0 Å². The van der Waals surface area contributed by atoms with Crippen molar-refractivity contribution in [2.24, 2.45) is 0 Å². The van der Waals surface area contributed by atoms with Crippen molar-refractivity contribution in [3.8, 4) is 0 Å². The topological polar surface area (TPSA) is 59.1 Å². The van der Waals surface area contributed by atoms with E-state index >= 15 is 0 Å². The summed E-state index contributed by atoms with van der Waals surface area (Å²) in [6.07, 6.45) is 35.1. The normalized spacial score (nSPS) is 11.6. The summed E-state index contributed by atoms with van der Waals surface area (Å²) in [4.78, 5) is 29.3. The van der Waals surface area contributed by atoms with E-state index in [1.54, 1.807) is 21.6 Å². The van der Waals surface area contributed by atoms with Crippen LogP contribution in [0.25, 0.3) is 0 Å². The summed E-state index contributed by atoms with van der Waals surface area (Å²) >= 11 is 0. The van der Waals surface area contributed by atoms with E-state index in [0.29, 0.717) is 39.1 Å². The molecule has 0 aromatic heterocycles. The molecule has 0 unspecified atom stereocenters. The molecule has 0 aliphatic rings. The van der Waals surface area contributed by atoms with Gasteiger partial charge in [-0.05, 0) is 66.1 Å². The van der Waals surface area contributed by atoms with Gasteiger partial charge in [0.2, 0.25) is 0 Å². The molecule has 0 amide bonds. The summed E-state index contributed by atoms with van der Waals surface area (Å²) in [6.45, 7) is 8.53. The molecule has 0 aliphatic heterocycles. The molecule has 0 rings (SSSR count). The van der Waals surface area contributed by atoms with Crippen LogP contribution in [-0.2, 0) is 19.1 Å². The molecule has 0 fully saturated rings. The Hall–Kier alpha value is 0.960. The van der Waals surface area contributed by atoms with Crippen molar-refractivity contribution in [2.45, 2.75) is 187 Å². The van der Waals surface area contributed by atoms with Crippen molar-refractivity contribution in [1.29, 1.82) is 0 Å². The predicted octanol–water partition coefficient (Wildman–Crippen LogP) is 14.6. The van der Waals surface area contributed by atoms with Gasteiger partial charge in [-0.15, -0.1) is 0 Å². The number of esters is 2. The van der Waals surface area contributed by atoms with Crippen LogP contribution in [0, 0.1) is 0 Å². The fraction of sp³-hybridized carbons (Fsp3) is 0.953. The minimum Gasteiger partial charge on any atom is -0.465 e. The molecular weight excluding hydrogens is 801 g/mol. The number of carbonyl (C=O) groups is 2. The second kappa shape index (κ2) is 47.6. The summed E-state index contributed by atoms with van der Waals surface area (Å²) in [7, 11) is 15.2. The molecule has 55 heavy (non-hydrogen) atoms. The summed E-state index contributed by atoms with van der Waals surface area (Å²) in [5.74, 6) is 3.72. The molecule has 12 heteroatoms. The van der Waals surface area contributed by atoms with Gasteiger partial charge >= 0.3 is 11.9 Å². The minimum atomic E-state index is -0.152. The first-order valence-electron chi connectivity index (χ1n) is 22.5. The molecule has 0 saturated heterocycles. The zero-order valence-corrected chi connectivity index (χ0v) is 41.0. The second-order valence-electron chi connectivity index (χ2n) is 15.1. The SMILES string of the molecule is CCCCCCCCCCCCCCSSSCCOC(=O)CCN(CCCN(C)C)CCC(=O)OCCSSSCCCCCCCCCCCCCC. The van der Waals surface area contributed by atoms with Crippen LogP contribution < -0.4 is 0 Å². The highest BCUT2D eigenvalue weighted by Crippen LogP contribution is 2.35. The first-order valence-corrected chi connectivity index (χ1v) is 30.1. The lowest BCUT2D eigenvalue weighted by Crippen LogP contribution is -2.32. The van der Waals surface area contributed by atoms with Gasteiger partial charge in [0.05, 0.1) is 12.8 Å². The van der Waals surface area contributed by atoms with E-state index in [1.165, 1.54) is 166 Å². The highest BCUT2D eigenvalue weighted by molar-refractivity contribution is 9.09. The smallest absolute Gasteiger partial charge is 0.307 e. The van der Waals surface area contributed by atoms with Crippen LogP contribution in [0.5, 0.6) is 0 Å². The van der Waals surface area contributed by atoms with E-state index < -0.39 is 0 Å². The summed E-state index contributed by atoms with van der Waals surface area (Å²) < 4.78 is 11.0. The van der Waals surface area contributed by atoms with Gasteiger partial charge in [-0.1, -0.05) is 198 Å². The lowest BCUT2D eigenvalue weighted by atomic mass is 10.1. The number of unbranched alkanes of at least 4 members (excludes halogenated alkanes) is 22. The third-order valence-electron chi connectivity index (χ3n) is 9.56. The number of rotatable bonds is 46. The van der Waals surface area contributed by atoms with E-state index in [0.717, 1.165) is 31.0 Å². The summed E-state index contributed by atoms with van der Waals surface area (Å²) in [6, 6.07) is 0. The molecule has 0 spiro atoms. The van der Waals surface area contributed by atoms with Gasteiger partial charge in [-0.2, -0.15) is 0 Å². The lowest BCUT2D eigenvalue weighted by molar-refractivity contribution is -0.143. The van der Waals surface area contributed by atoms with Gasteiger partial charge in [0.15, 0.2) is 0 Å². The monoisotopic (exact) mass is 886 g/mol. The fourth-order valence-electron chi connectivity index (χ4n) is 6.18. The maximum absolute atomic E-state index is 12.5. The van der Waals surface area contributed by atoms with Crippen molar-refractivity contribution in [1.82, 2.24) is 9.80 Å². The second-order valence-corrected chi connectivity index (χ2v) is 24.1. The molecule has 328 valence electrons. The van der Waals surface area contributed by atoms with Crippen LogP contribution in [0.3, 0.4) is 0 Å². The van der Waals surface area contributed by atoms with Crippen LogP contribution in [0.1, 0.15) is 187 Å². The average molecular weight is 888 g/mol. The van der Waals surface area contributed by atoms with Crippen LogP contribution in [-0.4, -0.2) is 98.2 Å². The number of hydrogen-bond acceptors (Lipinski definition) is 12. The highest BCUT2D eigenvalue weighted by atomic mass is 33.5. The van der Waals surface area contributed by atoms with Crippen molar-refractivity contribution < 1.29 is 19.1 Å². The minimum absolute atomic E-state index is 0.152. The van der Waals surface area contributed by atoms with Gasteiger partial charge < -0.3 is 19.3 Å². The maximum atomic E-state index is 12.5. The van der Waals surface area contributed by atoms with Crippen LogP contribution >= 0.6 is 62.8 Å². The van der Waals surface area contributed by atoms with Gasteiger partial charge in [0, 0.05) is 36.1 Å². The fourth-order valence-corrected chi connectivity index (χ4v) is 13.5. The Kier molecular flexibility index (Phi) is 48.5. The van der Waals surface area contributed by atoms with Crippen LogP contribution in [0.15, 0.2) is 0 Å². The average Bonchev–Trinajstić information content (AvgIpc) is 3.17. The van der Waals surface area contributed by atoms with Gasteiger partial charge in [0.1, 0.15) is 13.2 Å². The molecule has 0 saturated carbocycles. The molecule has 0 aromatic carbocycles. The Labute approximate surface area is 364 Å². The zero-order valence-electron chi connectivity index (χ0n) is 36.1. The molecule has 0 aromatic rings. The quantitative estimate of drug-likeness (QED) is 0.0332. The Bertz CT molecular complexity index is 746. The van der Waals surface area contributed by atoms with Gasteiger partial charge in [-0.3, -0.25) is 9.59 Å². The summed E-state index contributed by atoms with van der Waals surface area (Å²) in [5.41, 5.74) is 0. The van der Waals surface area contributed by atoms with E-state index in [2.05, 4.69) is 37.7 Å². The first-order chi connectivity index (χ1) is 27.0. The molecular formula is C43H86N2O4S6. The number of carbonyl (C=O) groups excluding carboxylic acids is 2. The third-order valence-corrected chi connectivity index (χ3v) is 18.1. The third kappa shape index (κ3) is 47.5. The molecule has 0 bridgehead atoms. The summed E-state index contributed by atoms with van der Waals surface area (Å²) in [5, 5.41) is 0. The largest absolute Gasteiger partial charge is 0.465 e. The predicted molar refractivity (Wildman–Crippen MR) is 258 cm³/mol. The molecule has 0 heterocycles. The Morgan fingerprint density at radius 3 is 1.07 bits per heavy atom. The van der Waals surface area contributed by atoms with E-state index in [4.69, 9.17) is 9.47 Å². The van der Waals surface area contributed by atoms with Gasteiger partial charge in [0.25, 0.3) is 0 Å². The zero-order chi connectivity index (χ0) is 40.1. The standard InChI is InChI=1S/C43H86N2O4S6/c1-5-7-9-11-13-15-17-19-21-23-25-27-38-50-54-52-40-36-48-42(46)30-34-45(33-29-32-44(3)4)35-31-43(47)49-37-41-53-55-51-39-28-26-24-22-20-18-16-14-12-10-8-6-2/h5-41H2,1-4H3. The first kappa shape index (κ1) is 56.0. The van der Waals surface area contributed by atoms with E-state index in [-0.39, 0.29) is 11.9 Å². The number of hydrogen-bond donors (Lipinski definition) is 0. The van der Waals surface area contributed by atoms with Crippen molar-refractivity contribution in [2.75, 3.05) is 76.5 Å². The maximum Gasteiger partial charge on any atom is 0.307 e. The van der Waals surface area contributed by atoms with E-state index in [9.17, 15) is 9.59 Å². The Morgan fingerprint density at radius 2 is 0.727 bits per heavy atom. The molecule has 0 N–H and O–H groups in total. The van der Waals surface area contributed by atoms with Crippen molar-refractivity contribution >= 4 is 74.8 Å². The number of nitrogens with zero attached hydrogens (tertiary/aromatic N) is 2. The van der Waals surface area contributed by atoms with Crippen molar-refractivity contribution in [3.05, 3.63) is 0 Å². The lowest BCUT2D eigenvalue weighted by Gasteiger charge is -2.22. The molecule has 0 aliphatic carbocycles. The van der Waals surface area contributed by atoms with Crippen molar-refractivity contribution in [3.63, 3.8) is 0 Å². The molecule has 0 radical (unpaired) electrons. The van der Waals surface area contributed by atoms with E-state index in [1.807, 2.05) is 41.2 Å².